The molecule has 1 saturated carbocycles. The number of aliphatic hydroxyl groups excluding tert-OH is 1. The highest BCUT2D eigenvalue weighted by molar-refractivity contribution is 5.70. The lowest BCUT2D eigenvalue weighted by Gasteiger charge is -2.26. The van der Waals surface area contributed by atoms with Crippen LogP contribution in [0.2, 0.25) is 0 Å². The van der Waals surface area contributed by atoms with Gasteiger partial charge in [0, 0.05) is 18.2 Å². The Bertz CT molecular complexity index is 616. The molecule has 0 aromatic heterocycles. The van der Waals surface area contributed by atoms with E-state index in [2.05, 4.69) is 35.6 Å². The molecular weight excluding hydrogens is 286 g/mol. The summed E-state index contributed by atoms with van der Waals surface area (Å²) in [5.74, 6) is 0.902. The van der Waals surface area contributed by atoms with Crippen LogP contribution >= 0.6 is 0 Å². The first-order valence-electron chi connectivity index (χ1n) is 8.40. The van der Waals surface area contributed by atoms with Crippen molar-refractivity contribution in [2.45, 2.75) is 44.4 Å². The number of methoxy groups -OCH3 is 1. The maximum atomic E-state index is 9.56. The largest absolute Gasteiger partial charge is 0.496 e. The molecule has 0 amide bonds. The van der Waals surface area contributed by atoms with E-state index < -0.39 is 0 Å². The number of ether oxygens (including phenoxy) is 1. The molecule has 0 bridgehead atoms. The van der Waals surface area contributed by atoms with Gasteiger partial charge in [-0.1, -0.05) is 42.5 Å². The van der Waals surface area contributed by atoms with Crippen molar-refractivity contribution in [3.8, 4) is 16.9 Å². The molecular formula is C20H25NO2. The fourth-order valence-electron chi connectivity index (χ4n) is 3.23. The van der Waals surface area contributed by atoms with E-state index in [0.717, 1.165) is 43.5 Å². The van der Waals surface area contributed by atoms with Crippen LogP contribution in [0.25, 0.3) is 11.1 Å². The standard InChI is InChI=1S/C20H25NO2/c1-23-20-5-3-2-4-19(20)16-8-6-15(7-9-16)14-21-17-10-12-18(22)13-11-17/h2-9,17-18,21-22H,10-14H2,1H3. The molecule has 2 aromatic rings. The minimum Gasteiger partial charge on any atom is -0.496 e. The number of para-hydroxylation sites is 1. The molecule has 1 aliphatic carbocycles. The summed E-state index contributed by atoms with van der Waals surface area (Å²) in [7, 11) is 1.71. The Labute approximate surface area is 138 Å². The summed E-state index contributed by atoms with van der Waals surface area (Å²) in [4.78, 5) is 0. The third-order valence-electron chi connectivity index (χ3n) is 4.66. The molecule has 0 saturated heterocycles. The third kappa shape index (κ3) is 4.12. The van der Waals surface area contributed by atoms with Crippen LogP contribution in [0, 0.1) is 0 Å². The van der Waals surface area contributed by atoms with Gasteiger partial charge in [-0.2, -0.15) is 0 Å². The normalized spacial score (nSPS) is 21.1. The molecule has 1 aliphatic rings. The molecule has 3 heteroatoms. The Morgan fingerprint density at radius 2 is 1.70 bits per heavy atom. The monoisotopic (exact) mass is 311 g/mol. The molecule has 2 aromatic carbocycles. The highest BCUT2D eigenvalue weighted by atomic mass is 16.5. The van der Waals surface area contributed by atoms with E-state index in [1.54, 1.807) is 7.11 Å². The number of benzene rings is 2. The first-order valence-corrected chi connectivity index (χ1v) is 8.40. The highest BCUT2D eigenvalue weighted by Crippen LogP contribution is 2.29. The first-order chi connectivity index (χ1) is 11.3. The zero-order valence-corrected chi connectivity index (χ0v) is 13.7. The topological polar surface area (TPSA) is 41.5 Å². The molecule has 1 fully saturated rings. The number of aliphatic hydroxyl groups is 1. The summed E-state index contributed by atoms with van der Waals surface area (Å²) in [6.07, 6.45) is 3.89. The molecule has 23 heavy (non-hydrogen) atoms. The van der Waals surface area contributed by atoms with Crippen molar-refractivity contribution >= 4 is 0 Å². The Morgan fingerprint density at radius 3 is 2.39 bits per heavy atom. The van der Waals surface area contributed by atoms with Crippen LogP contribution in [0.3, 0.4) is 0 Å². The zero-order valence-electron chi connectivity index (χ0n) is 13.7. The van der Waals surface area contributed by atoms with Crippen LogP contribution in [-0.2, 0) is 6.54 Å². The van der Waals surface area contributed by atoms with Crippen LogP contribution in [0.1, 0.15) is 31.2 Å². The average Bonchev–Trinajstić information content (AvgIpc) is 2.62. The van der Waals surface area contributed by atoms with Crippen LogP contribution in [0.4, 0.5) is 0 Å². The molecule has 3 rings (SSSR count). The maximum absolute atomic E-state index is 9.56. The smallest absolute Gasteiger partial charge is 0.126 e. The second kappa shape index (κ2) is 7.62. The van der Waals surface area contributed by atoms with Gasteiger partial charge in [0.1, 0.15) is 5.75 Å². The van der Waals surface area contributed by atoms with Gasteiger partial charge in [0.05, 0.1) is 13.2 Å². The number of hydrogen-bond donors (Lipinski definition) is 2. The summed E-state index contributed by atoms with van der Waals surface area (Å²) >= 11 is 0. The number of nitrogens with one attached hydrogen (secondary N) is 1. The molecule has 2 N–H and O–H groups in total. The molecule has 3 nitrogen and oxygen atoms in total. The van der Waals surface area contributed by atoms with Gasteiger partial charge in [-0.05, 0) is 42.9 Å². The molecule has 0 atom stereocenters. The van der Waals surface area contributed by atoms with Crippen molar-refractivity contribution in [3.05, 3.63) is 54.1 Å². The van der Waals surface area contributed by atoms with Crippen LogP contribution in [-0.4, -0.2) is 24.4 Å². The Morgan fingerprint density at radius 1 is 1.00 bits per heavy atom. The van der Waals surface area contributed by atoms with E-state index in [1.807, 2.05) is 18.2 Å². The van der Waals surface area contributed by atoms with Crippen molar-refractivity contribution in [1.82, 2.24) is 5.32 Å². The van der Waals surface area contributed by atoms with Crippen molar-refractivity contribution in [1.29, 1.82) is 0 Å². The van der Waals surface area contributed by atoms with Crippen LogP contribution < -0.4 is 10.1 Å². The second-order valence-electron chi connectivity index (χ2n) is 6.28. The fourth-order valence-corrected chi connectivity index (χ4v) is 3.23. The van der Waals surface area contributed by atoms with E-state index in [0.29, 0.717) is 6.04 Å². The Balaban J connectivity index is 1.61. The quantitative estimate of drug-likeness (QED) is 0.883. The summed E-state index contributed by atoms with van der Waals surface area (Å²) in [5, 5.41) is 13.2. The van der Waals surface area contributed by atoms with E-state index in [-0.39, 0.29) is 6.10 Å². The molecule has 0 unspecified atom stereocenters. The van der Waals surface area contributed by atoms with E-state index in [9.17, 15) is 5.11 Å². The summed E-state index contributed by atoms with van der Waals surface area (Å²) < 4.78 is 5.43. The predicted molar refractivity (Wildman–Crippen MR) is 93.5 cm³/mol. The van der Waals surface area contributed by atoms with Crippen molar-refractivity contribution in [2.24, 2.45) is 0 Å². The third-order valence-corrected chi connectivity index (χ3v) is 4.66. The molecule has 0 aliphatic heterocycles. The van der Waals surface area contributed by atoms with Crippen molar-refractivity contribution < 1.29 is 9.84 Å². The second-order valence-corrected chi connectivity index (χ2v) is 6.28. The van der Waals surface area contributed by atoms with E-state index in [1.165, 1.54) is 11.1 Å². The first kappa shape index (κ1) is 16.0. The van der Waals surface area contributed by atoms with Gasteiger partial charge in [-0.25, -0.2) is 0 Å². The summed E-state index contributed by atoms with van der Waals surface area (Å²) in [5.41, 5.74) is 3.58. The minimum atomic E-state index is -0.0896. The lowest BCUT2D eigenvalue weighted by molar-refractivity contribution is 0.116. The van der Waals surface area contributed by atoms with Gasteiger partial charge in [0.15, 0.2) is 0 Å². The summed E-state index contributed by atoms with van der Waals surface area (Å²) in [6.45, 7) is 0.882. The van der Waals surface area contributed by atoms with Gasteiger partial charge in [-0.3, -0.25) is 0 Å². The zero-order chi connectivity index (χ0) is 16.1. The number of hydrogen-bond acceptors (Lipinski definition) is 3. The molecule has 0 heterocycles. The van der Waals surface area contributed by atoms with Crippen LogP contribution in [0.5, 0.6) is 5.75 Å². The average molecular weight is 311 g/mol. The molecule has 0 spiro atoms. The van der Waals surface area contributed by atoms with E-state index in [4.69, 9.17) is 4.74 Å². The fraction of sp³-hybridized carbons (Fsp3) is 0.400. The maximum Gasteiger partial charge on any atom is 0.126 e. The minimum absolute atomic E-state index is 0.0896. The SMILES string of the molecule is COc1ccccc1-c1ccc(CNC2CCC(O)CC2)cc1. The number of rotatable bonds is 5. The lowest BCUT2D eigenvalue weighted by atomic mass is 9.93. The lowest BCUT2D eigenvalue weighted by Crippen LogP contribution is -2.34. The van der Waals surface area contributed by atoms with Gasteiger partial charge < -0.3 is 15.2 Å². The Kier molecular flexibility index (Phi) is 5.31. The van der Waals surface area contributed by atoms with Gasteiger partial charge in [0.2, 0.25) is 0 Å². The van der Waals surface area contributed by atoms with Crippen LogP contribution in [0.15, 0.2) is 48.5 Å². The van der Waals surface area contributed by atoms with Gasteiger partial charge in [0.25, 0.3) is 0 Å². The van der Waals surface area contributed by atoms with Crippen molar-refractivity contribution in [2.75, 3.05) is 7.11 Å². The molecule has 122 valence electrons. The van der Waals surface area contributed by atoms with E-state index >= 15 is 0 Å². The molecule has 0 radical (unpaired) electrons. The van der Waals surface area contributed by atoms with Crippen molar-refractivity contribution in [3.63, 3.8) is 0 Å². The van der Waals surface area contributed by atoms with Gasteiger partial charge in [-0.15, -0.1) is 0 Å². The predicted octanol–water partition coefficient (Wildman–Crippen LogP) is 3.76. The highest BCUT2D eigenvalue weighted by Gasteiger charge is 2.18. The summed E-state index contributed by atoms with van der Waals surface area (Å²) in [6, 6.07) is 17.3. The Hall–Kier alpha value is -1.84. The van der Waals surface area contributed by atoms with Gasteiger partial charge >= 0.3 is 0 Å².